The first kappa shape index (κ1) is 16.8. The standard InChI is InChI=1S/C20H21ClO3/c1-3-23-20(22)11-14-6-4-5-7-18(14)24-19-9-8-16-13(2)10-15(21)12-17(16)19/h4-7,10,12,19H,3,8-9,11H2,1-2H3. The molecule has 0 saturated carbocycles. The summed E-state index contributed by atoms with van der Waals surface area (Å²) >= 11 is 6.22. The molecule has 3 nitrogen and oxygen atoms in total. The maximum absolute atomic E-state index is 11.8. The lowest BCUT2D eigenvalue weighted by molar-refractivity contribution is -0.142. The first-order valence-corrected chi connectivity index (χ1v) is 8.65. The summed E-state index contributed by atoms with van der Waals surface area (Å²) in [4.78, 5) is 11.8. The molecule has 0 fully saturated rings. The number of ether oxygens (including phenoxy) is 2. The number of para-hydroxylation sites is 1. The number of fused-ring (bicyclic) bond motifs is 1. The Balaban J connectivity index is 1.83. The molecule has 0 aromatic heterocycles. The van der Waals surface area contributed by atoms with Crippen molar-refractivity contribution in [2.24, 2.45) is 0 Å². The zero-order valence-electron chi connectivity index (χ0n) is 14.0. The number of rotatable bonds is 5. The predicted octanol–water partition coefficient (Wildman–Crippen LogP) is 4.82. The third kappa shape index (κ3) is 3.57. The van der Waals surface area contributed by atoms with E-state index in [4.69, 9.17) is 21.1 Å². The van der Waals surface area contributed by atoms with Crippen LogP contribution in [0, 0.1) is 6.92 Å². The molecule has 4 heteroatoms. The highest BCUT2D eigenvalue weighted by molar-refractivity contribution is 6.30. The summed E-state index contributed by atoms with van der Waals surface area (Å²) < 4.78 is 11.3. The number of esters is 1. The summed E-state index contributed by atoms with van der Waals surface area (Å²) in [6, 6.07) is 11.6. The number of benzene rings is 2. The molecule has 1 aliphatic rings. The van der Waals surface area contributed by atoms with Crippen molar-refractivity contribution in [1.29, 1.82) is 0 Å². The van der Waals surface area contributed by atoms with Crippen LogP contribution in [0.25, 0.3) is 0 Å². The van der Waals surface area contributed by atoms with Gasteiger partial charge in [-0.2, -0.15) is 0 Å². The number of hydrogen-bond acceptors (Lipinski definition) is 3. The van der Waals surface area contributed by atoms with Gasteiger partial charge < -0.3 is 9.47 Å². The molecule has 24 heavy (non-hydrogen) atoms. The Hall–Kier alpha value is -2.00. The van der Waals surface area contributed by atoms with Gasteiger partial charge in [0.05, 0.1) is 13.0 Å². The van der Waals surface area contributed by atoms with E-state index in [0.29, 0.717) is 6.61 Å². The van der Waals surface area contributed by atoms with E-state index in [1.807, 2.05) is 43.3 Å². The van der Waals surface area contributed by atoms with Gasteiger partial charge >= 0.3 is 5.97 Å². The Kier molecular flexibility index (Phi) is 5.10. The van der Waals surface area contributed by atoms with Crippen LogP contribution in [0.1, 0.15) is 41.7 Å². The van der Waals surface area contributed by atoms with Crippen molar-refractivity contribution in [1.82, 2.24) is 0 Å². The highest BCUT2D eigenvalue weighted by Crippen LogP contribution is 2.39. The van der Waals surface area contributed by atoms with Crippen molar-refractivity contribution in [3.63, 3.8) is 0 Å². The van der Waals surface area contributed by atoms with E-state index in [1.54, 1.807) is 0 Å². The molecule has 0 saturated heterocycles. The third-order valence-corrected chi connectivity index (χ3v) is 4.58. The number of aryl methyl sites for hydroxylation is 1. The third-order valence-electron chi connectivity index (χ3n) is 4.36. The van der Waals surface area contributed by atoms with Crippen LogP contribution in [-0.2, 0) is 22.4 Å². The van der Waals surface area contributed by atoms with Gasteiger partial charge in [0.1, 0.15) is 11.9 Å². The molecule has 0 amide bonds. The fraction of sp³-hybridized carbons (Fsp3) is 0.350. The van der Waals surface area contributed by atoms with E-state index < -0.39 is 0 Å². The lowest BCUT2D eigenvalue weighted by Gasteiger charge is -2.18. The predicted molar refractivity (Wildman–Crippen MR) is 94.7 cm³/mol. The first-order chi connectivity index (χ1) is 11.6. The highest BCUT2D eigenvalue weighted by Gasteiger charge is 2.26. The van der Waals surface area contributed by atoms with Crippen LogP contribution in [0.4, 0.5) is 0 Å². The van der Waals surface area contributed by atoms with Gasteiger partial charge in [-0.05, 0) is 61.6 Å². The van der Waals surface area contributed by atoms with Crippen LogP contribution in [0.5, 0.6) is 5.75 Å². The molecule has 0 N–H and O–H groups in total. The number of carbonyl (C=O) groups is 1. The average molecular weight is 345 g/mol. The fourth-order valence-corrected chi connectivity index (χ4v) is 3.55. The van der Waals surface area contributed by atoms with E-state index >= 15 is 0 Å². The molecule has 1 atom stereocenters. The molecule has 0 bridgehead atoms. The second kappa shape index (κ2) is 7.27. The van der Waals surface area contributed by atoms with Crippen molar-refractivity contribution in [2.75, 3.05) is 6.61 Å². The van der Waals surface area contributed by atoms with Crippen LogP contribution in [0.2, 0.25) is 5.02 Å². The summed E-state index contributed by atoms with van der Waals surface area (Å²) in [5.74, 6) is 0.500. The summed E-state index contributed by atoms with van der Waals surface area (Å²) in [7, 11) is 0. The van der Waals surface area contributed by atoms with E-state index in [1.165, 1.54) is 11.1 Å². The minimum Gasteiger partial charge on any atom is -0.485 e. The monoisotopic (exact) mass is 344 g/mol. The molecule has 0 spiro atoms. The lowest BCUT2D eigenvalue weighted by Crippen LogP contribution is -2.10. The fourth-order valence-electron chi connectivity index (χ4n) is 3.27. The molecule has 1 aliphatic carbocycles. The summed E-state index contributed by atoms with van der Waals surface area (Å²) in [6.07, 6.45) is 2.10. The minimum atomic E-state index is -0.237. The molecule has 2 aromatic carbocycles. The van der Waals surface area contributed by atoms with Gasteiger partial charge in [0.2, 0.25) is 0 Å². The van der Waals surface area contributed by atoms with Crippen LogP contribution < -0.4 is 4.74 Å². The van der Waals surface area contributed by atoms with Crippen molar-refractivity contribution < 1.29 is 14.3 Å². The van der Waals surface area contributed by atoms with Crippen molar-refractivity contribution >= 4 is 17.6 Å². The van der Waals surface area contributed by atoms with Crippen LogP contribution in [-0.4, -0.2) is 12.6 Å². The number of carbonyl (C=O) groups excluding carboxylic acids is 1. The largest absolute Gasteiger partial charge is 0.485 e. The molecule has 0 aliphatic heterocycles. The minimum absolute atomic E-state index is 0.0271. The molecule has 0 radical (unpaired) electrons. The maximum Gasteiger partial charge on any atom is 0.310 e. The van der Waals surface area contributed by atoms with Gasteiger partial charge in [0.25, 0.3) is 0 Å². The zero-order valence-corrected chi connectivity index (χ0v) is 14.7. The maximum atomic E-state index is 11.8. The van der Waals surface area contributed by atoms with Gasteiger partial charge in [-0.3, -0.25) is 4.79 Å². The molecule has 3 rings (SSSR count). The van der Waals surface area contributed by atoms with Crippen molar-refractivity contribution in [3.05, 3.63) is 63.7 Å². The number of hydrogen-bond donors (Lipinski definition) is 0. The lowest BCUT2D eigenvalue weighted by atomic mass is 10.0. The second-order valence-electron chi connectivity index (χ2n) is 6.03. The Morgan fingerprint density at radius 1 is 1.29 bits per heavy atom. The topological polar surface area (TPSA) is 35.5 Å². The molecular weight excluding hydrogens is 324 g/mol. The van der Waals surface area contributed by atoms with Gasteiger partial charge in [-0.25, -0.2) is 0 Å². The van der Waals surface area contributed by atoms with Crippen molar-refractivity contribution in [3.8, 4) is 5.75 Å². The van der Waals surface area contributed by atoms with E-state index in [2.05, 4.69) is 6.92 Å². The number of halogens is 1. The summed E-state index contributed by atoms with van der Waals surface area (Å²) in [5, 5.41) is 0.738. The smallest absolute Gasteiger partial charge is 0.310 e. The average Bonchev–Trinajstić information content (AvgIpc) is 2.93. The SMILES string of the molecule is CCOC(=O)Cc1ccccc1OC1CCc2c(C)cc(Cl)cc21. The summed E-state index contributed by atoms with van der Waals surface area (Å²) in [6.45, 7) is 4.28. The quantitative estimate of drug-likeness (QED) is 0.729. The molecular formula is C20H21ClO3. The Bertz CT molecular complexity index is 755. The van der Waals surface area contributed by atoms with Gasteiger partial charge in [-0.1, -0.05) is 29.8 Å². The highest BCUT2D eigenvalue weighted by atomic mass is 35.5. The second-order valence-corrected chi connectivity index (χ2v) is 6.46. The van der Waals surface area contributed by atoms with E-state index in [9.17, 15) is 4.79 Å². The summed E-state index contributed by atoms with van der Waals surface area (Å²) in [5.41, 5.74) is 4.55. The molecule has 2 aromatic rings. The van der Waals surface area contributed by atoms with Crippen LogP contribution >= 0.6 is 11.6 Å². The van der Waals surface area contributed by atoms with E-state index in [-0.39, 0.29) is 18.5 Å². The van der Waals surface area contributed by atoms with Gasteiger partial charge in [-0.15, -0.1) is 0 Å². The molecule has 1 unspecified atom stereocenters. The van der Waals surface area contributed by atoms with Gasteiger partial charge in [0, 0.05) is 10.6 Å². The van der Waals surface area contributed by atoms with Gasteiger partial charge in [0.15, 0.2) is 0 Å². The zero-order chi connectivity index (χ0) is 17.1. The Morgan fingerprint density at radius 2 is 2.08 bits per heavy atom. The Labute approximate surface area is 147 Å². The first-order valence-electron chi connectivity index (χ1n) is 8.27. The van der Waals surface area contributed by atoms with E-state index in [0.717, 1.165) is 34.7 Å². The van der Waals surface area contributed by atoms with Crippen LogP contribution in [0.3, 0.4) is 0 Å². The molecule has 0 heterocycles. The molecule has 126 valence electrons. The Morgan fingerprint density at radius 3 is 2.88 bits per heavy atom. The van der Waals surface area contributed by atoms with Crippen molar-refractivity contribution in [2.45, 2.75) is 39.2 Å². The van der Waals surface area contributed by atoms with Crippen LogP contribution in [0.15, 0.2) is 36.4 Å². The normalized spacial score (nSPS) is 15.9.